The number of benzene rings is 1. The SMILES string of the molecule is O=c1cccc2n1C[C@H]1C[C@H]2CN(C(=S)Nc2ccc3c(c2)OCO3)C1. The number of fused-ring (bicyclic) bond motifs is 5. The molecule has 1 fully saturated rings. The van der Waals surface area contributed by atoms with E-state index in [1.54, 1.807) is 6.07 Å². The summed E-state index contributed by atoms with van der Waals surface area (Å²) in [6, 6.07) is 11.3. The molecule has 0 spiro atoms. The smallest absolute Gasteiger partial charge is 0.250 e. The number of aromatic nitrogens is 1. The highest BCUT2D eigenvalue weighted by Crippen LogP contribution is 2.36. The maximum absolute atomic E-state index is 12.1. The van der Waals surface area contributed by atoms with E-state index in [2.05, 4.69) is 16.3 Å². The van der Waals surface area contributed by atoms with Gasteiger partial charge in [0.1, 0.15) is 0 Å². The minimum Gasteiger partial charge on any atom is -0.454 e. The second kappa shape index (κ2) is 6.02. The fourth-order valence-electron chi connectivity index (χ4n) is 4.24. The molecular weight excluding hydrogens is 350 g/mol. The number of thiocarbonyl (C=S) groups is 1. The van der Waals surface area contributed by atoms with Crippen LogP contribution in [0.3, 0.4) is 0 Å². The highest BCUT2D eigenvalue weighted by atomic mass is 32.1. The Morgan fingerprint density at radius 1 is 1.12 bits per heavy atom. The summed E-state index contributed by atoms with van der Waals surface area (Å²) in [5.41, 5.74) is 2.13. The number of likely N-dealkylation sites (tertiary alicyclic amines) is 1. The van der Waals surface area contributed by atoms with Gasteiger partial charge < -0.3 is 24.3 Å². The van der Waals surface area contributed by atoms with Crippen molar-refractivity contribution in [2.75, 3.05) is 25.2 Å². The van der Waals surface area contributed by atoms with E-state index in [0.29, 0.717) is 16.9 Å². The van der Waals surface area contributed by atoms with Crippen LogP contribution in [0.25, 0.3) is 0 Å². The van der Waals surface area contributed by atoms with Gasteiger partial charge in [-0.25, -0.2) is 0 Å². The normalized spacial score (nSPS) is 22.7. The summed E-state index contributed by atoms with van der Waals surface area (Å²) >= 11 is 5.66. The second-order valence-corrected chi connectivity index (χ2v) is 7.49. The third-order valence-electron chi connectivity index (χ3n) is 5.39. The molecule has 1 aromatic heterocycles. The minimum absolute atomic E-state index is 0.103. The average molecular weight is 369 g/mol. The number of hydrogen-bond donors (Lipinski definition) is 1. The van der Waals surface area contributed by atoms with Crippen molar-refractivity contribution in [2.45, 2.75) is 18.9 Å². The highest BCUT2D eigenvalue weighted by molar-refractivity contribution is 7.80. The summed E-state index contributed by atoms with van der Waals surface area (Å²) in [6.07, 6.45) is 1.12. The molecule has 2 aromatic rings. The molecule has 26 heavy (non-hydrogen) atoms. The molecule has 1 N–H and O–H groups in total. The molecule has 1 aromatic carbocycles. The zero-order valence-corrected chi connectivity index (χ0v) is 15.0. The summed E-state index contributed by atoms with van der Waals surface area (Å²) in [4.78, 5) is 14.4. The van der Waals surface area contributed by atoms with Gasteiger partial charge in [-0.2, -0.15) is 0 Å². The average Bonchev–Trinajstić information content (AvgIpc) is 3.10. The fraction of sp³-hybridized carbons (Fsp3) is 0.368. The maximum Gasteiger partial charge on any atom is 0.250 e. The lowest BCUT2D eigenvalue weighted by molar-refractivity contribution is 0.174. The molecule has 7 heteroatoms. The van der Waals surface area contributed by atoms with E-state index in [0.717, 1.165) is 48.9 Å². The number of nitrogens with one attached hydrogen (secondary N) is 1. The molecule has 0 saturated carbocycles. The number of piperidine rings is 1. The Morgan fingerprint density at radius 2 is 2.00 bits per heavy atom. The number of rotatable bonds is 1. The fourth-order valence-corrected chi connectivity index (χ4v) is 4.51. The molecule has 0 aliphatic carbocycles. The van der Waals surface area contributed by atoms with E-state index in [9.17, 15) is 4.79 Å². The lowest BCUT2D eigenvalue weighted by Gasteiger charge is -2.43. The van der Waals surface area contributed by atoms with Crippen LogP contribution >= 0.6 is 12.2 Å². The van der Waals surface area contributed by atoms with Gasteiger partial charge in [-0.1, -0.05) is 6.07 Å². The Labute approximate surface area is 156 Å². The van der Waals surface area contributed by atoms with Crippen molar-refractivity contribution < 1.29 is 9.47 Å². The van der Waals surface area contributed by atoms with Crippen molar-refractivity contribution in [1.29, 1.82) is 0 Å². The van der Waals surface area contributed by atoms with Gasteiger partial charge in [0, 0.05) is 49.1 Å². The van der Waals surface area contributed by atoms with E-state index in [1.165, 1.54) is 0 Å². The van der Waals surface area contributed by atoms with Crippen LogP contribution in [0.5, 0.6) is 11.5 Å². The molecule has 2 bridgehead atoms. The van der Waals surface area contributed by atoms with E-state index < -0.39 is 0 Å². The predicted molar refractivity (Wildman–Crippen MR) is 102 cm³/mol. The van der Waals surface area contributed by atoms with Gasteiger partial charge in [0.15, 0.2) is 16.6 Å². The van der Waals surface area contributed by atoms with Gasteiger partial charge >= 0.3 is 0 Å². The standard InChI is InChI=1S/C19H19N3O3S/c23-18-3-1-2-15-13-6-12(9-22(15)18)8-21(10-13)19(26)20-14-4-5-16-17(7-14)25-11-24-16/h1-5,7,12-13H,6,8-11H2,(H,20,26)/t12-,13-/m0/s1. The van der Waals surface area contributed by atoms with Crippen LogP contribution in [-0.4, -0.2) is 34.5 Å². The van der Waals surface area contributed by atoms with Crippen LogP contribution in [0.2, 0.25) is 0 Å². The van der Waals surface area contributed by atoms with Crippen LogP contribution < -0.4 is 20.3 Å². The van der Waals surface area contributed by atoms with E-state index in [-0.39, 0.29) is 12.4 Å². The van der Waals surface area contributed by atoms with Gasteiger partial charge in [-0.05, 0) is 42.8 Å². The first-order valence-corrected chi connectivity index (χ1v) is 9.23. The summed E-state index contributed by atoms with van der Waals surface area (Å²) in [5, 5.41) is 4.03. The molecule has 3 aliphatic rings. The molecule has 134 valence electrons. The second-order valence-electron chi connectivity index (χ2n) is 7.10. The summed E-state index contributed by atoms with van der Waals surface area (Å²) < 4.78 is 12.7. The van der Waals surface area contributed by atoms with Gasteiger partial charge in [-0.15, -0.1) is 0 Å². The van der Waals surface area contributed by atoms with Crippen molar-refractivity contribution in [2.24, 2.45) is 5.92 Å². The molecular formula is C19H19N3O3S. The molecule has 2 atom stereocenters. The first kappa shape index (κ1) is 15.7. The number of ether oxygens (including phenoxy) is 2. The Kier molecular flexibility index (Phi) is 3.63. The number of nitrogens with zero attached hydrogens (tertiary/aromatic N) is 2. The first-order chi connectivity index (χ1) is 12.7. The lowest BCUT2D eigenvalue weighted by Crippen LogP contribution is -2.50. The summed E-state index contributed by atoms with van der Waals surface area (Å²) in [5.74, 6) is 2.28. The zero-order valence-electron chi connectivity index (χ0n) is 14.2. The topological polar surface area (TPSA) is 55.7 Å². The van der Waals surface area contributed by atoms with Gasteiger partial charge in [-0.3, -0.25) is 4.79 Å². The molecule has 0 amide bonds. The Hall–Kier alpha value is -2.54. The third kappa shape index (κ3) is 2.63. The minimum atomic E-state index is 0.103. The lowest BCUT2D eigenvalue weighted by atomic mass is 9.83. The number of hydrogen-bond acceptors (Lipinski definition) is 4. The van der Waals surface area contributed by atoms with Gasteiger partial charge in [0.2, 0.25) is 6.79 Å². The first-order valence-electron chi connectivity index (χ1n) is 8.83. The zero-order chi connectivity index (χ0) is 17.7. The summed E-state index contributed by atoms with van der Waals surface area (Å²) in [6.45, 7) is 2.73. The molecule has 3 aliphatic heterocycles. The summed E-state index contributed by atoms with van der Waals surface area (Å²) in [7, 11) is 0. The molecule has 5 rings (SSSR count). The van der Waals surface area contributed by atoms with E-state index in [4.69, 9.17) is 21.7 Å². The number of anilines is 1. The molecule has 0 unspecified atom stereocenters. The van der Waals surface area contributed by atoms with E-state index >= 15 is 0 Å². The van der Waals surface area contributed by atoms with Crippen molar-refractivity contribution in [1.82, 2.24) is 9.47 Å². The predicted octanol–water partition coefficient (Wildman–Crippen LogP) is 2.39. The van der Waals surface area contributed by atoms with Crippen LogP contribution in [0.1, 0.15) is 18.0 Å². The molecule has 1 saturated heterocycles. The van der Waals surface area contributed by atoms with Crippen LogP contribution in [0.15, 0.2) is 41.2 Å². The van der Waals surface area contributed by atoms with Crippen LogP contribution in [-0.2, 0) is 6.54 Å². The van der Waals surface area contributed by atoms with Crippen molar-refractivity contribution in [3.8, 4) is 11.5 Å². The van der Waals surface area contributed by atoms with Crippen LogP contribution in [0, 0.1) is 5.92 Å². The van der Waals surface area contributed by atoms with Crippen LogP contribution in [0.4, 0.5) is 5.69 Å². The molecule has 4 heterocycles. The van der Waals surface area contributed by atoms with Gasteiger partial charge in [0.05, 0.1) is 0 Å². The van der Waals surface area contributed by atoms with Crippen molar-refractivity contribution >= 4 is 23.0 Å². The van der Waals surface area contributed by atoms with Crippen molar-refractivity contribution in [3.05, 3.63) is 52.4 Å². The largest absolute Gasteiger partial charge is 0.454 e. The third-order valence-corrected chi connectivity index (χ3v) is 5.75. The Morgan fingerprint density at radius 3 is 2.92 bits per heavy atom. The Bertz CT molecular complexity index is 942. The van der Waals surface area contributed by atoms with Crippen molar-refractivity contribution in [3.63, 3.8) is 0 Å². The molecule has 6 nitrogen and oxygen atoms in total. The van der Waals surface area contributed by atoms with E-state index in [1.807, 2.05) is 28.8 Å². The highest BCUT2D eigenvalue weighted by Gasteiger charge is 2.35. The Balaban J connectivity index is 1.34. The quantitative estimate of drug-likeness (QED) is 0.779. The monoisotopic (exact) mass is 369 g/mol. The maximum atomic E-state index is 12.1. The number of pyridine rings is 1. The van der Waals surface area contributed by atoms with Gasteiger partial charge in [0.25, 0.3) is 5.56 Å². The molecule has 0 radical (unpaired) electrons.